The molecule has 0 atom stereocenters. The van der Waals surface area contributed by atoms with E-state index in [-0.39, 0.29) is 0 Å². The second-order valence-electron chi connectivity index (χ2n) is 21.8. The van der Waals surface area contributed by atoms with E-state index in [9.17, 15) is 5.26 Å². The fraction of sp³-hybridized carbons (Fsp3) is 0. The van der Waals surface area contributed by atoms with E-state index in [0.717, 1.165) is 160 Å². The van der Waals surface area contributed by atoms with Gasteiger partial charge in [0, 0.05) is 76.0 Å². The fourth-order valence-corrected chi connectivity index (χ4v) is 13.5. The molecule has 0 unspecified atom stereocenters. The SMILES string of the molecule is N#Cc1c2oc3cc4cc(N(c5cccc6c5oc5ccccc56)c5cccc6c5oc5ccccc56)ccc4cc3c2cc2oc3cc4cc(N(c5cccc6c5oc5ccccc56)c5cccc6c5oc5ccccc56)ccc4cc3c12. The zero-order valence-corrected chi connectivity index (χ0v) is 44.3. The van der Waals surface area contributed by atoms with Crippen LogP contribution in [0.15, 0.2) is 263 Å². The Kier molecular flexibility index (Phi) is 8.94. The molecular weight excluding hydrogens is 1040 g/mol. The van der Waals surface area contributed by atoms with Crippen molar-refractivity contribution in [3.05, 3.63) is 242 Å². The summed E-state index contributed by atoms with van der Waals surface area (Å²) in [4.78, 5) is 4.47. The number of fused-ring (bicyclic) bond motifs is 20. The van der Waals surface area contributed by atoms with Crippen LogP contribution >= 0.6 is 0 Å². The third-order valence-corrected chi connectivity index (χ3v) is 17.2. The maximum absolute atomic E-state index is 11.2. The topological polar surface area (TPSA) is 109 Å². The van der Waals surface area contributed by atoms with E-state index in [2.05, 4.69) is 174 Å². The summed E-state index contributed by atoms with van der Waals surface area (Å²) in [7, 11) is 0. The molecule has 84 heavy (non-hydrogen) atoms. The highest BCUT2D eigenvalue weighted by atomic mass is 16.4. The molecule has 0 amide bonds. The van der Waals surface area contributed by atoms with Crippen LogP contribution in [0.25, 0.3) is 153 Å². The number of rotatable bonds is 6. The fourth-order valence-electron chi connectivity index (χ4n) is 13.5. The van der Waals surface area contributed by atoms with Gasteiger partial charge in [-0.1, -0.05) is 133 Å². The number of hydrogen-bond acceptors (Lipinski definition) is 9. The van der Waals surface area contributed by atoms with Gasteiger partial charge in [0.25, 0.3) is 0 Å². The highest BCUT2D eigenvalue weighted by Crippen LogP contribution is 2.50. The van der Waals surface area contributed by atoms with Gasteiger partial charge in [-0.2, -0.15) is 5.26 Å². The van der Waals surface area contributed by atoms with E-state index < -0.39 is 0 Å². The Morgan fingerprint density at radius 1 is 0.250 bits per heavy atom. The van der Waals surface area contributed by atoms with Crippen molar-refractivity contribution in [3.8, 4) is 6.07 Å². The molecule has 0 radical (unpaired) electrons. The molecule has 0 aliphatic rings. The summed E-state index contributed by atoms with van der Waals surface area (Å²) in [5.74, 6) is 0. The van der Waals surface area contributed by atoms with Crippen LogP contribution in [-0.4, -0.2) is 0 Å². The number of furan rings is 6. The Hall–Kier alpha value is -11.7. The first-order chi connectivity index (χ1) is 41.6. The van der Waals surface area contributed by atoms with Crippen molar-refractivity contribution >= 4 is 187 Å². The standard InChI is InChI=1S/C75H39N3O6/c76-40-58-70-57-36-42-30-32-46(78(61-23-11-19-53-49-15-3-7-27-65(49)82-74(53)61)62-24-12-20-54-50-16-4-8-28-66(50)83-75(54)62)34-44(42)38-68(57)79-69(70)39-56-55-35-41-29-31-45(33-43(41)37-67(55)84-71(56)58)77(59-21-9-17-51-47-13-1-5-25-63(47)80-72(51)59)60-22-10-18-52-48-14-2-6-26-64(48)81-73(52)60/h1-39H. The van der Waals surface area contributed by atoms with Crippen molar-refractivity contribution in [2.75, 3.05) is 9.80 Å². The van der Waals surface area contributed by atoms with E-state index in [1.54, 1.807) is 0 Å². The van der Waals surface area contributed by atoms with E-state index in [1.807, 2.05) is 78.9 Å². The molecule has 6 aromatic heterocycles. The number of hydrogen-bond donors (Lipinski definition) is 0. The summed E-state index contributed by atoms with van der Waals surface area (Å²) in [6.07, 6.45) is 0. The van der Waals surface area contributed by atoms with Crippen molar-refractivity contribution in [3.63, 3.8) is 0 Å². The number of benzene rings is 13. The number of para-hydroxylation sites is 8. The lowest BCUT2D eigenvalue weighted by atomic mass is 9.99. The molecule has 0 N–H and O–H groups in total. The van der Waals surface area contributed by atoms with Crippen LogP contribution in [0.2, 0.25) is 0 Å². The predicted molar refractivity (Wildman–Crippen MR) is 339 cm³/mol. The zero-order valence-electron chi connectivity index (χ0n) is 44.3. The first-order valence-corrected chi connectivity index (χ1v) is 27.9. The molecule has 390 valence electrons. The molecule has 13 aromatic carbocycles. The first kappa shape index (κ1) is 45.0. The van der Waals surface area contributed by atoms with Crippen LogP contribution in [0, 0.1) is 11.3 Å². The van der Waals surface area contributed by atoms with Crippen LogP contribution in [0.4, 0.5) is 34.1 Å². The normalized spacial score (nSPS) is 12.3. The van der Waals surface area contributed by atoms with Gasteiger partial charge < -0.3 is 36.3 Å². The molecule has 19 aromatic rings. The smallest absolute Gasteiger partial charge is 0.159 e. The van der Waals surface area contributed by atoms with E-state index in [1.165, 1.54) is 0 Å². The third-order valence-electron chi connectivity index (χ3n) is 17.2. The Labute approximate surface area is 474 Å². The van der Waals surface area contributed by atoms with Crippen LogP contribution in [0.1, 0.15) is 5.56 Å². The largest absolute Gasteiger partial charge is 0.456 e. The zero-order chi connectivity index (χ0) is 54.9. The Balaban J connectivity index is 0.763. The molecule has 0 aliphatic heterocycles. The molecule has 19 rings (SSSR count). The number of nitrogens with zero attached hydrogens (tertiary/aromatic N) is 3. The summed E-state index contributed by atoms with van der Waals surface area (Å²) in [5.41, 5.74) is 14.5. The molecule has 0 saturated heterocycles. The lowest BCUT2D eigenvalue weighted by molar-refractivity contribution is 0.663. The molecule has 6 heterocycles. The summed E-state index contributed by atoms with van der Waals surface area (Å²) in [6, 6.07) is 83.8. The summed E-state index contributed by atoms with van der Waals surface area (Å²) >= 11 is 0. The maximum atomic E-state index is 11.2. The monoisotopic (exact) mass is 1080 g/mol. The van der Waals surface area contributed by atoms with Crippen molar-refractivity contribution in [2.45, 2.75) is 0 Å². The van der Waals surface area contributed by atoms with Gasteiger partial charge in [-0.25, -0.2) is 0 Å². The lowest BCUT2D eigenvalue weighted by Gasteiger charge is -2.26. The van der Waals surface area contributed by atoms with E-state index >= 15 is 0 Å². The Morgan fingerprint density at radius 3 is 1.04 bits per heavy atom. The van der Waals surface area contributed by atoms with Gasteiger partial charge in [0.15, 0.2) is 27.9 Å². The number of nitriles is 1. The van der Waals surface area contributed by atoms with Crippen molar-refractivity contribution in [1.82, 2.24) is 0 Å². The maximum Gasteiger partial charge on any atom is 0.159 e. The Morgan fingerprint density at radius 2 is 0.619 bits per heavy atom. The summed E-state index contributed by atoms with van der Waals surface area (Å²) < 4.78 is 40.5. The van der Waals surface area contributed by atoms with Gasteiger partial charge in [0.05, 0.1) is 22.7 Å². The molecule has 0 bridgehead atoms. The minimum absolute atomic E-state index is 0.422. The molecule has 0 fully saturated rings. The van der Waals surface area contributed by atoms with Gasteiger partial charge in [-0.15, -0.1) is 0 Å². The second-order valence-corrected chi connectivity index (χ2v) is 21.8. The van der Waals surface area contributed by atoms with Crippen LogP contribution < -0.4 is 9.80 Å². The molecule has 0 aliphatic carbocycles. The van der Waals surface area contributed by atoms with Crippen molar-refractivity contribution < 1.29 is 26.5 Å². The quantitative estimate of drug-likeness (QED) is 0.161. The number of anilines is 6. The molecule has 0 saturated carbocycles. The third kappa shape index (κ3) is 6.25. The highest BCUT2D eigenvalue weighted by Gasteiger charge is 2.27. The van der Waals surface area contributed by atoms with Gasteiger partial charge in [-0.3, -0.25) is 0 Å². The van der Waals surface area contributed by atoms with Crippen LogP contribution in [-0.2, 0) is 0 Å². The second kappa shape index (κ2) is 16.7. The molecule has 0 spiro atoms. The Bertz CT molecular complexity index is 5640. The average molecular weight is 1080 g/mol. The predicted octanol–water partition coefficient (Wildman–Crippen LogP) is 22.2. The van der Waals surface area contributed by atoms with Gasteiger partial charge in [0.2, 0.25) is 0 Å². The highest BCUT2D eigenvalue weighted by molar-refractivity contribution is 6.22. The summed E-state index contributed by atoms with van der Waals surface area (Å²) in [5, 5.41) is 26.6. The first-order valence-electron chi connectivity index (χ1n) is 27.9. The van der Waals surface area contributed by atoms with Gasteiger partial charge in [-0.05, 0) is 125 Å². The van der Waals surface area contributed by atoms with E-state index in [0.29, 0.717) is 33.3 Å². The van der Waals surface area contributed by atoms with Gasteiger partial charge >= 0.3 is 0 Å². The van der Waals surface area contributed by atoms with Crippen LogP contribution in [0.5, 0.6) is 0 Å². The van der Waals surface area contributed by atoms with E-state index in [4.69, 9.17) is 26.5 Å². The average Bonchev–Trinajstić information content (AvgIpc) is 3.65. The van der Waals surface area contributed by atoms with Gasteiger partial charge in [0.1, 0.15) is 50.7 Å². The molecular formula is C75H39N3O6. The van der Waals surface area contributed by atoms with Crippen molar-refractivity contribution in [1.29, 1.82) is 5.26 Å². The minimum Gasteiger partial charge on any atom is -0.456 e. The molecule has 9 heteroatoms. The van der Waals surface area contributed by atoms with Crippen LogP contribution in [0.3, 0.4) is 0 Å². The van der Waals surface area contributed by atoms with Crippen molar-refractivity contribution in [2.24, 2.45) is 0 Å². The molecule has 9 nitrogen and oxygen atoms in total. The summed E-state index contributed by atoms with van der Waals surface area (Å²) in [6.45, 7) is 0. The lowest BCUT2D eigenvalue weighted by Crippen LogP contribution is -2.10. The minimum atomic E-state index is 0.422.